The van der Waals surface area contributed by atoms with Crippen LogP contribution in [-0.4, -0.2) is 22.5 Å². The number of benzene rings is 1. The molecule has 19 heavy (non-hydrogen) atoms. The van der Waals surface area contributed by atoms with E-state index in [2.05, 4.69) is 5.32 Å². The van der Waals surface area contributed by atoms with Crippen molar-refractivity contribution in [2.24, 2.45) is 0 Å². The molecule has 0 saturated heterocycles. The molecule has 0 atom stereocenters. The van der Waals surface area contributed by atoms with Gasteiger partial charge in [-0.1, -0.05) is 12.1 Å². The molecule has 1 aromatic rings. The minimum atomic E-state index is -1.11. The average Bonchev–Trinajstić information content (AvgIpc) is 2.32. The van der Waals surface area contributed by atoms with Crippen LogP contribution in [0.25, 0.3) is 6.08 Å². The van der Waals surface area contributed by atoms with Crippen LogP contribution in [0.5, 0.6) is 0 Å². The Morgan fingerprint density at radius 3 is 2.37 bits per heavy atom. The largest absolute Gasteiger partial charge is 0.480 e. The molecule has 0 heterocycles. The van der Waals surface area contributed by atoms with Crippen molar-refractivity contribution in [3.8, 4) is 0 Å². The van der Waals surface area contributed by atoms with E-state index in [-0.39, 0.29) is 5.82 Å². The van der Waals surface area contributed by atoms with Crippen molar-refractivity contribution in [2.45, 2.75) is 24.8 Å². The van der Waals surface area contributed by atoms with Gasteiger partial charge in [0, 0.05) is 6.08 Å². The van der Waals surface area contributed by atoms with E-state index in [1.807, 2.05) is 0 Å². The van der Waals surface area contributed by atoms with Gasteiger partial charge in [0.25, 0.3) is 0 Å². The van der Waals surface area contributed by atoms with Crippen LogP contribution in [0.1, 0.15) is 24.8 Å². The van der Waals surface area contributed by atoms with Crippen molar-refractivity contribution in [3.63, 3.8) is 0 Å². The second-order valence-electron chi connectivity index (χ2n) is 4.61. The zero-order valence-electron chi connectivity index (χ0n) is 10.2. The summed E-state index contributed by atoms with van der Waals surface area (Å²) in [6.45, 7) is 0. The lowest BCUT2D eigenvalue weighted by Gasteiger charge is -2.37. The van der Waals surface area contributed by atoms with Crippen LogP contribution < -0.4 is 5.32 Å². The summed E-state index contributed by atoms with van der Waals surface area (Å²) in [7, 11) is 0. The maximum absolute atomic E-state index is 12.7. The smallest absolute Gasteiger partial charge is 0.329 e. The molecule has 0 unspecified atom stereocenters. The summed E-state index contributed by atoms with van der Waals surface area (Å²) in [4.78, 5) is 22.7. The average molecular weight is 263 g/mol. The number of halogens is 1. The van der Waals surface area contributed by atoms with Crippen LogP contribution in [-0.2, 0) is 9.59 Å². The highest BCUT2D eigenvalue weighted by Crippen LogP contribution is 2.31. The van der Waals surface area contributed by atoms with E-state index in [4.69, 9.17) is 5.11 Å². The maximum Gasteiger partial charge on any atom is 0.329 e. The summed E-state index contributed by atoms with van der Waals surface area (Å²) in [6, 6.07) is 5.66. The van der Waals surface area contributed by atoms with Crippen LogP contribution in [0.15, 0.2) is 30.3 Å². The fraction of sp³-hybridized carbons (Fsp3) is 0.286. The number of aliphatic carboxylic acids is 1. The first-order valence-electron chi connectivity index (χ1n) is 6.01. The summed E-state index contributed by atoms with van der Waals surface area (Å²) >= 11 is 0. The van der Waals surface area contributed by atoms with E-state index in [9.17, 15) is 14.0 Å². The number of amides is 1. The summed E-state index contributed by atoms with van der Waals surface area (Å²) in [5.41, 5.74) is -0.431. The molecule has 2 rings (SSSR count). The van der Waals surface area contributed by atoms with Gasteiger partial charge in [-0.25, -0.2) is 9.18 Å². The third-order valence-corrected chi connectivity index (χ3v) is 3.28. The van der Waals surface area contributed by atoms with Crippen molar-refractivity contribution >= 4 is 18.0 Å². The van der Waals surface area contributed by atoms with Crippen LogP contribution in [0.3, 0.4) is 0 Å². The van der Waals surface area contributed by atoms with Crippen LogP contribution in [0, 0.1) is 5.82 Å². The lowest BCUT2D eigenvalue weighted by molar-refractivity contribution is -0.151. The molecule has 1 fully saturated rings. The van der Waals surface area contributed by atoms with Gasteiger partial charge in [-0.15, -0.1) is 0 Å². The Kier molecular flexibility index (Phi) is 3.64. The van der Waals surface area contributed by atoms with Crippen LogP contribution in [0.4, 0.5) is 4.39 Å². The molecule has 0 aromatic heterocycles. The number of carbonyl (C=O) groups excluding carboxylic acids is 1. The van der Waals surface area contributed by atoms with E-state index in [0.717, 1.165) is 6.42 Å². The molecule has 2 N–H and O–H groups in total. The second-order valence-corrected chi connectivity index (χ2v) is 4.61. The summed E-state index contributed by atoms with van der Waals surface area (Å²) in [6.07, 6.45) is 4.49. The predicted molar refractivity (Wildman–Crippen MR) is 67.8 cm³/mol. The van der Waals surface area contributed by atoms with Gasteiger partial charge in [0.1, 0.15) is 11.4 Å². The minimum absolute atomic E-state index is 0.346. The first kappa shape index (κ1) is 13.3. The SMILES string of the molecule is O=C(/C=C/c1ccc(F)cc1)NC1(C(=O)O)CCC1. The molecule has 1 aromatic carbocycles. The first-order valence-corrected chi connectivity index (χ1v) is 6.01. The van der Waals surface area contributed by atoms with E-state index in [1.54, 1.807) is 0 Å². The lowest BCUT2D eigenvalue weighted by atomic mass is 9.77. The number of nitrogens with one attached hydrogen (secondary N) is 1. The van der Waals surface area contributed by atoms with E-state index in [0.29, 0.717) is 18.4 Å². The molecule has 0 spiro atoms. The summed E-state index contributed by atoms with van der Waals surface area (Å²) in [5, 5.41) is 11.6. The van der Waals surface area contributed by atoms with Gasteiger partial charge in [-0.3, -0.25) is 4.79 Å². The van der Waals surface area contributed by atoms with Gasteiger partial charge in [0.05, 0.1) is 0 Å². The molecule has 1 aliphatic rings. The van der Waals surface area contributed by atoms with Crippen molar-refractivity contribution in [1.29, 1.82) is 0 Å². The quantitative estimate of drug-likeness (QED) is 0.816. The number of carboxylic acid groups (broad SMARTS) is 1. The number of rotatable bonds is 4. The zero-order valence-corrected chi connectivity index (χ0v) is 10.2. The Morgan fingerprint density at radius 2 is 1.89 bits per heavy atom. The van der Waals surface area contributed by atoms with Crippen molar-refractivity contribution in [2.75, 3.05) is 0 Å². The molecule has 1 amide bonds. The molecule has 5 heteroatoms. The van der Waals surface area contributed by atoms with Crippen molar-refractivity contribution in [1.82, 2.24) is 5.32 Å². The number of hydrogen-bond donors (Lipinski definition) is 2. The Hall–Kier alpha value is -2.17. The molecule has 4 nitrogen and oxygen atoms in total. The fourth-order valence-electron chi connectivity index (χ4n) is 1.95. The first-order chi connectivity index (χ1) is 9.02. The highest BCUT2D eigenvalue weighted by atomic mass is 19.1. The van der Waals surface area contributed by atoms with E-state index < -0.39 is 17.4 Å². The highest BCUT2D eigenvalue weighted by Gasteiger charge is 2.45. The molecule has 100 valence electrons. The third-order valence-electron chi connectivity index (χ3n) is 3.28. The molecular weight excluding hydrogens is 249 g/mol. The molecular formula is C14H14FNO3. The van der Waals surface area contributed by atoms with Crippen molar-refractivity contribution in [3.05, 3.63) is 41.7 Å². The van der Waals surface area contributed by atoms with Crippen LogP contribution >= 0.6 is 0 Å². The van der Waals surface area contributed by atoms with E-state index >= 15 is 0 Å². The number of hydrogen-bond acceptors (Lipinski definition) is 2. The van der Waals surface area contributed by atoms with Gasteiger partial charge in [0.2, 0.25) is 5.91 Å². The summed E-state index contributed by atoms with van der Waals surface area (Å²) in [5.74, 6) is -1.80. The van der Waals surface area contributed by atoms with Crippen molar-refractivity contribution < 1.29 is 19.1 Å². The van der Waals surface area contributed by atoms with E-state index in [1.165, 1.54) is 36.4 Å². The van der Waals surface area contributed by atoms with Crippen LogP contribution in [0.2, 0.25) is 0 Å². The predicted octanol–water partition coefficient (Wildman–Crippen LogP) is 1.96. The Labute approximate surface area is 109 Å². The molecule has 1 aliphatic carbocycles. The Morgan fingerprint density at radius 1 is 1.26 bits per heavy atom. The monoisotopic (exact) mass is 263 g/mol. The lowest BCUT2D eigenvalue weighted by Crippen LogP contribution is -2.58. The fourth-order valence-corrected chi connectivity index (χ4v) is 1.95. The molecule has 0 radical (unpaired) electrons. The molecule has 0 bridgehead atoms. The Balaban J connectivity index is 1.97. The topological polar surface area (TPSA) is 66.4 Å². The standard InChI is InChI=1S/C14H14FNO3/c15-11-5-2-10(3-6-11)4-7-12(17)16-14(13(18)19)8-1-9-14/h2-7H,1,8-9H2,(H,16,17)(H,18,19)/b7-4+. The zero-order chi connectivity index (χ0) is 13.9. The van der Waals surface area contributed by atoms with Gasteiger partial charge in [-0.2, -0.15) is 0 Å². The van der Waals surface area contributed by atoms with Gasteiger partial charge in [-0.05, 0) is 43.0 Å². The normalized spacial score (nSPS) is 16.9. The number of carboxylic acids is 1. The number of carbonyl (C=O) groups is 2. The maximum atomic E-state index is 12.7. The second kappa shape index (κ2) is 5.22. The molecule has 1 saturated carbocycles. The van der Waals surface area contributed by atoms with Gasteiger partial charge in [0.15, 0.2) is 0 Å². The third kappa shape index (κ3) is 2.99. The summed E-state index contributed by atoms with van der Waals surface area (Å²) < 4.78 is 12.7. The van der Waals surface area contributed by atoms with Gasteiger partial charge >= 0.3 is 5.97 Å². The highest BCUT2D eigenvalue weighted by molar-refractivity contribution is 5.96. The Bertz CT molecular complexity index is 518. The minimum Gasteiger partial charge on any atom is -0.480 e. The molecule has 0 aliphatic heterocycles. The van der Waals surface area contributed by atoms with Gasteiger partial charge < -0.3 is 10.4 Å².